The highest BCUT2D eigenvalue weighted by Gasteiger charge is 2.17. The van der Waals surface area contributed by atoms with Gasteiger partial charge in [-0.15, -0.1) is 0 Å². The van der Waals surface area contributed by atoms with Gasteiger partial charge in [-0.1, -0.05) is 5.16 Å². The van der Waals surface area contributed by atoms with Crippen molar-refractivity contribution in [3.8, 4) is 17.1 Å². The topological polar surface area (TPSA) is 64.8 Å². The first-order valence-corrected chi connectivity index (χ1v) is 9.88. The molecule has 5 nitrogen and oxygen atoms in total. The normalized spacial score (nSPS) is 17.3. The predicted molar refractivity (Wildman–Crippen MR) is 96.4 cm³/mol. The summed E-state index contributed by atoms with van der Waals surface area (Å²) in [5, 5.41) is 6.60. The van der Waals surface area contributed by atoms with Crippen LogP contribution in [0.4, 0.5) is 0 Å². The average molecular weight is 348 g/mol. The van der Waals surface area contributed by atoms with Gasteiger partial charge in [-0.25, -0.2) is 0 Å². The van der Waals surface area contributed by atoms with Crippen molar-refractivity contribution in [2.75, 3.05) is 25.2 Å². The van der Waals surface area contributed by atoms with E-state index in [1.807, 2.05) is 24.3 Å². The second-order valence-electron chi connectivity index (χ2n) is 6.20. The summed E-state index contributed by atoms with van der Waals surface area (Å²) < 4.78 is 10.5. The number of nitrogens with two attached hydrogens (primary N) is 1. The van der Waals surface area contributed by atoms with E-state index in [4.69, 9.17) is 9.26 Å². The van der Waals surface area contributed by atoms with Crippen LogP contribution in [0.5, 0.6) is 5.75 Å². The zero-order valence-electron chi connectivity index (χ0n) is 14.2. The number of aromatic nitrogens is 2. The standard InChI is InChI=1S/C18H25N3O2S/c1-22-16-8-6-14(7-9-16)18-20-17(23-21-18)5-3-2-4-11-19-15-10-12-24-13-15/h6-9,15,19H,2-5,10-13H2,1H3/p+1/t15-/m1/s1. The molecule has 1 aromatic carbocycles. The summed E-state index contributed by atoms with van der Waals surface area (Å²) in [5.74, 6) is 4.89. The number of ether oxygens (including phenoxy) is 1. The first kappa shape index (κ1) is 17.3. The van der Waals surface area contributed by atoms with Crippen molar-refractivity contribution in [3.05, 3.63) is 30.2 Å². The Morgan fingerprint density at radius 2 is 2.12 bits per heavy atom. The van der Waals surface area contributed by atoms with E-state index in [1.165, 1.54) is 37.3 Å². The Labute approximate surface area is 147 Å². The molecule has 1 aliphatic heterocycles. The molecule has 0 radical (unpaired) electrons. The molecule has 2 heterocycles. The van der Waals surface area contributed by atoms with E-state index in [2.05, 4.69) is 27.2 Å². The molecule has 0 spiro atoms. The summed E-state index contributed by atoms with van der Waals surface area (Å²) in [7, 11) is 1.66. The summed E-state index contributed by atoms with van der Waals surface area (Å²) in [6.07, 6.45) is 5.83. The Kier molecular flexibility index (Phi) is 6.55. The molecule has 6 heteroatoms. The lowest BCUT2D eigenvalue weighted by atomic mass is 10.2. The van der Waals surface area contributed by atoms with Gasteiger partial charge in [0.25, 0.3) is 0 Å². The van der Waals surface area contributed by atoms with Crippen molar-refractivity contribution in [2.24, 2.45) is 0 Å². The van der Waals surface area contributed by atoms with E-state index in [0.717, 1.165) is 36.1 Å². The van der Waals surface area contributed by atoms with Gasteiger partial charge in [0.2, 0.25) is 11.7 Å². The van der Waals surface area contributed by atoms with E-state index < -0.39 is 0 Å². The van der Waals surface area contributed by atoms with Crippen LogP contribution in [0.25, 0.3) is 11.4 Å². The molecule has 130 valence electrons. The lowest BCUT2D eigenvalue weighted by Gasteiger charge is -2.06. The summed E-state index contributed by atoms with van der Waals surface area (Å²) >= 11 is 2.08. The monoisotopic (exact) mass is 348 g/mol. The number of hydrogen-bond acceptors (Lipinski definition) is 5. The number of hydrogen-bond donors (Lipinski definition) is 1. The Bertz CT molecular complexity index is 609. The maximum atomic E-state index is 5.36. The number of benzene rings is 1. The molecule has 0 saturated carbocycles. The lowest BCUT2D eigenvalue weighted by molar-refractivity contribution is -0.684. The molecule has 0 aliphatic carbocycles. The Morgan fingerprint density at radius 1 is 1.25 bits per heavy atom. The Morgan fingerprint density at radius 3 is 2.88 bits per heavy atom. The predicted octanol–water partition coefficient (Wildman–Crippen LogP) is 2.53. The van der Waals surface area contributed by atoms with Crippen molar-refractivity contribution < 1.29 is 14.6 Å². The third-order valence-electron chi connectivity index (χ3n) is 4.38. The van der Waals surface area contributed by atoms with Gasteiger partial charge in [-0.05, 0) is 49.3 Å². The first-order valence-electron chi connectivity index (χ1n) is 8.73. The quantitative estimate of drug-likeness (QED) is 0.706. The third-order valence-corrected chi connectivity index (χ3v) is 5.56. The maximum Gasteiger partial charge on any atom is 0.226 e. The molecule has 24 heavy (non-hydrogen) atoms. The molecule has 1 aromatic heterocycles. The summed E-state index contributed by atoms with van der Waals surface area (Å²) in [6.45, 7) is 1.24. The van der Waals surface area contributed by atoms with Gasteiger partial charge in [-0.2, -0.15) is 16.7 Å². The molecular formula is C18H26N3O2S+. The fourth-order valence-corrected chi connectivity index (χ4v) is 4.14. The molecule has 0 amide bonds. The van der Waals surface area contributed by atoms with E-state index in [9.17, 15) is 0 Å². The van der Waals surface area contributed by atoms with Crippen molar-refractivity contribution in [1.82, 2.24) is 10.1 Å². The van der Waals surface area contributed by atoms with Gasteiger partial charge >= 0.3 is 0 Å². The van der Waals surface area contributed by atoms with Gasteiger partial charge < -0.3 is 14.6 Å². The number of quaternary nitrogens is 1. The SMILES string of the molecule is COc1ccc(-c2noc(CCCCC[NH2+][C@@H]3CCSC3)n2)cc1. The number of aryl methyl sites for hydroxylation is 1. The van der Waals surface area contributed by atoms with Crippen LogP contribution in [0.3, 0.4) is 0 Å². The van der Waals surface area contributed by atoms with Crippen LogP contribution in [-0.4, -0.2) is 41.3 Å². The van der Waals surface area contributed by atoms with E-state index >= 15 is 0 Å². The number of nitrogens with zero attached hydrogens (tertiary/aromatic N) is 2. The molecule has 1 aliphatic rings. The molecule has 1 fully saturated rings. The fourth-order valence-electron chi connectivity index (χ4n) is 2.90. The van der Waals surface area contributed by atoms with Crippen molar-refractivity contribution in [2.45, 2.75) is 38.1 Å². The molecule has 3 rings (SSSR count). The molecule has 1 atom stereocenters. The number of methoxy groups -OCH3 is 1. The minimum Gasteiger partial charge on any atom is -0.497 e. The van der Waals surface area contributed by atoms with Crippen LogP contribution in [0, 0.1) is 0 Å². The summed E-state index contributed by atoms with van der Waals surface area (Å²) in [4.78, 5) is 4.49. The second kappa shape index (κ2) is 9.08. The second-order valence-corrected chi connectivity index (χ2v) is 7.35. The van der Waals surface area contributed by atoms with E-state index in [0.29, 0.717) is 5.82 Å². The average Bonchev–Trinajstić information content (AvgIpc) is 3.30. The van der Waals surface area contributed by atoms with Crippen LogP contribution in [-0.2, 0) is 6.42 Å². The lowest BCUT2D eigenvalue weighted by Crippen LogP contribution is -2.90. The number of rotatable bonds is 9. The molecule has 0 bridgehead atoms. The zero-order chi connectivity index (χ0) is 16.6. The van der Waals surface area contributed by atoms with E-state index in [1.54, 1.807) is 7.11 Å². The zero-order valence-corrected chi connectivity index (χ0v) is 15.1. The largest absolute Gasteiger partial charge is 0.497 e. The highest BCUT2D eigenvalue weighted by Crippen LogP contribution is 2.20. The van der Waals surface area contributed by atoms with Crippen LogP contribution in [0.2, 0.25) is 0 Å². The third kappa shape index (κ3) is 4.98. The fraction of sp³-hybridized carbons (Fsp3) is 0.556. The number of unbranched alkanes of at least 4 members (excludes halogenated alkanes) is 2. The smallest absolute Gasteiger partial charge is 0.226 e. The summed E-state index contributed by atoms with van der Waals surface area (Å²) in [6, 6.07) is 8.57. The van der Waals surface area contributed by atoms with Gasteiger partial charge in [-0.3, -0.25) is 0 Å². The van der Waals surface area contributed by atoms with Crippen molar-refractivity contribution in [1.29, 1.82) is 0 Å². The minimum absolute atomic E-state index is 0.653. The highest BCUT2D eigenvalue weighted by molar-refractivity contribution is 7.99. The Hall–Kier alpha value is -1.53. The minimum atomic E-state index is 0.653. The molecular weight excluding hydrogens is 322 g/mol. The van der Waals surface area contributed by atoms with Crippen LogP contribution >= 0.6 is 11.8 Å². The Balaban J connectivity index is 1.36. The highest BCUT2D eigenvalue weighted by atomic mass is 32.2. The molecule has 2 aromatic rings. The number of thioether (sulfide) groups is 1. The van der Waals surface area contributed by atoms with Gasteiger partial charge in [0.1, 0.15) is 5.75 Å². The van der Waals surface area contributed by atoms with Crippen molar-refractivity contribution >= 4 is 11.8 Å². The first-order chi connectivity index (χ1) is 11.8. The van der Waals surface area contributed by atoms with Gasteiger partial charge in [0.15, 0.2) is 0 Å². The van der Waals surface area contributed by atoms with E-state index in [-0.39, 0.29) is 0 Å². The van der Waals surface area contributed by atoms with Crippen LogP contribution in [0.1, 0.15) is 31.6 Å². The van der Waals surface area contributed by atoms with Crippen molar-refractivity contribution in [3.63, 3.8) is 0 Å². The van der Waals surface area contributed by atoms with Gasteiger partial charge in [0.05, 0.1) is 19.7 Å². The molecule has 0 unspecified atom stereocenters. The molecule has 1 saturated heterocycles. The van der Waals surface area contributed by atoms with Gasteiger partial charge in [0, 0.05) is 24.2 Å². The van der Waals surface area contributed by atoms with Crippen LogP contribution < -0.4 is 10.1 Å². The van der Waals surface area contributed by atoms with Crippen LogP contribution in [0.15, 0.2) is 28.8 Å². The summed E-state index contributed by atoms with van der Waals surface area (Å²) in [5.41, 5.74) is 0.954. The maximum absolute atomic E-state index is 5.36. The molecule has 2 N–H and O–H groups in total.